The second-order valence-corrected chi connectivity index (χ2v) is 9.00. The van der Waals surface area contributed by atoms with Crippen LogP contribution in [0.3, 0.4) is 0 Å². The second-order valence-electron chi connectivity index (χ2n) is 9.00. The lowest BCUT2D eigenvalue weighted by Crippen LogP contribution is -2.51. The highest BCUT2D eigenvalue weighted by atomic mass is 19.1. The summed E-state index contributed by atoms with van der Waals surface area (Å²) in [5.41, 5.74) is 4.43. The van der Waals surface area contributed by atoms with Gasteiger partial charge in [0.05, 0.1) is 12.1 Å². The van der Waals surface area contributed by atoms with Crippen LogP contribution >= 0.6 is 0 Å². The number of carbonyl (C=O) groups is 3. The minimum Gasteiger partial charge on any atom is -0.343 e. The summed E-state index contributed by atoms with van der Waals surface area (Å²) >= 11 is 0. The van der Waals surface area contributed by atoms with E-state index in [-0.39, 0.29) is 16.9 Å². The standard InChI is InChI=1S/C21H25F2N3O3/c22-15-1-2-16(17(23)6-15)20(29)24-11-19(28)26-25-18(27)10-21-7-12-3-13(8-21)5-14(4-12)9-21/h1-2,6,12-14H,3-5,7-11H2,(H,24,29)(H,25,27)(H,26,28). The molecule has 0 saturated heterocycles. The molecule has 156 valence electrons. The number of carbonyl (C=O) groups excluding carboxylic acids is 3. The molecule has 29 heavy (non-hydrogen) atoms. The molecule has 4 aliphatic rings. The third-order valence-electron chi connectivity index (χ3n) is 6.63. The fourth-order valence-electron chi connectivity index (χ4n) is 6.00. The number of halogens is 2. The molecular weight excluding hydrogens is 380 g/mol. The third kappa shape index (κ3) is 4.41. The molecule has 3 N–H and O–H groups in total. The SMILES string of the molecule is O=C(CNC(=O)c1ccc(F)cc1F)NNC(=O)CC12CC3CC(CC(C3)C1)C2. The van der Waals surface area contributed by atoms with Gasteiger partial charge in [0.1, 0.15) is 11.6 Å². The Morgan fingerprint density at radius 3 is 2.10 bits per heavy atom. The number of rotatable bonds is 5. The fourth-order valence-corrected chi connectivity index (χ4v) is 6.00. The zero-order valence-corrected chi connectivity index (χ0v) is 16.1. The van der Waals surface area contributed by atoms with Crippen molar-refractivity contribution in [2.75, 3.05) is 6.54 Å². The Hall–Kier alpha value is -2.51. The quantitative estimate of drug-likeness (QED) is 0.658. The number of hydrazine groups is 1. The van der Waals surface area contributed by atoms with Crippen molar-refractivity contribution >= 4 is 17.7 Å². The van der Waals surface area contributed by atoms with Gasteiger partial charge in [-0.2, -0.15) is 0 Å². The van der Waals surface area contributed by atoms with Gasteiger partial charge in [-0.3, -0.25) is 25.2 Å². The lowest BCUT2D eigenvalue weighted by Gasteiger charge is -2.56. The van der Waals surface area contributed by atoms with Gasteiger partial charge in [-0.05, 0) is 73.8 Å². The Kier molecular flexibility index (Phi) is 5.27. The van der Waals surface area contributed by atoms with Crippen LogP contribution in [0.5, 0.6) is 0 Å². The summed E-state index contributed by atoms with van der Waals surface area (Å²) in [4.78, 5) is 36.2. The summed E-state index contributed by atoms with van der Waals surface area (Å²) in [5.74, 6) is -1.26. The molecule has 8 heteroatoms. The van der Waals surface area contributed by atoms with Crippen molar-refractivity contribution < 1.29 is 23.2 Å². The molecule has 3 amide bonds. The molecule has 0 aromatic heterocycles. The van der Waals surface area contributed by atoms with Gasteiger partial charge in [0.25, 0.3) is 11.8 Å². The number of hydrogen-bond acceptors (Lipinski definition) is 3. The van der Waals surface area contributed by atoms with E-state index in [9.17, 15) is 23.2 Å². The molecule has 0 radical (unpaired) electrons. The first-order chi connectivity index (χ1) is 13.8. The first kappa shape index (κ1) is 19.8. The van der Waals surface area contributed by atoms with Gasteiger partial charge in [0, 0.05) is 12.5 Å². The number of hydrogen-bond donors (Lipinski definition) is 3. The van der Waals surface area contributed by atoms with E-state index >= 15 is 0 Å². The normalized spacial score (nSPS) is 29.4. The van der Waals surface area contributed by atoms with Crippen molar-refractivity contribution in [2.45, 2.75) is 44.9 Å². The Morgan fingerprint density at radius 2 is 1.52 bits per heavy atom. The molecular formula is C21H25F2N3O3. The molecule has 0 unspecified atom stereocenters. The summed E-state index contributed by atoms with van der Waals surface area (Å²) in [6.07, 6.45) is 7.59. The highest BCUT2D eigenvalue weighted by Gasteiger charge is 2.51. The Morgan fingerprint density at radius 1 is 0.931 bits per heavy atom. The summed E-state index contributed by atoms with van der Waals surface area (Å²) in [5, 5.41) is 2.24. The third-order valence-corrected chi connectivity index (χ3v) is 6.63. The van der Waals surface area contributed by atoms with Crippen LogP contribution in [-0.2, 0) is 9.59 Å². The van der Waals surface area contributed by atoms with Crippen LogP contribution in [0.2, 0.25) is 0 Å². The topological polar surface area (TPSA) is 87.3 Å². The van der Waals surface area contributed by atoms with Crippen molar-refractivity contribution in [1.29, 1.82) is 0 Å². The monoisotopic (exact) mass is 405 g/mol. The van der Waals surface area contributed by atoms with Crippen molar-refractivity contribution in [3.05, 3.63) is 35.4 Å². The molecule has 4 fully saturated rings. The minimum absolute atomic E-state index is 0.0673. The Labute approximate surface area is 167 Å². The average molecular weight is 405 g/mol. The van der Waals surface area contributed by atoms with Crippen molar-refractivity contribution in [2.24, 2.45) is 23.2 Å². The number of benzene rings is 1. The smallest absolute Gasteiger partial charge is 0.257 e. The van der Waals surface area contributed by atoms with Gasteiger partial charge < -0.3 is 5.32 Å². The van der Waals surface area contributed by atoms with Crippen molar-refractivity contribution in [3.63, 3.8) is 0 Å². The van der Waals surface area contributed by atoms with E-state index in [0.29, 0.717) is 12.5 Å². The first-order valence-corrected chi connectivity index (χ1v) is 10.1. The molecule has 1 aromatic carbocycles. The van der Waals surface area contributed by atoms with Crippen LogP contribution in [0, 0.1) is 34.8 Å². The maximum atomic E-state index is 13.6. The van der Waals surface area contributed by atoms with Crippen LogP contribution < -0.4 is 16.2 Å². The van der Waals surface area contributed by atoms with E-state index in [4.69, 9.17) is 0 Å². The van der Waals surface area contributed by atoms with Gasteiger partial charge in [0.2, 0.25) is 5.91 Å². The molecule has 0 atom stereocenters. The van der Waals surface area contributed by atoms with Gasteiger partial charge in [-0.1, -0.05) is 0 Å². The van der Waals surface area contributed by atoms with E-state index in [1.54, 1.807) is 0 Å². The molecule has 4 saturated carbocycles. The largest absolute Gasteiger partial charge is 0.343 e. The van der Waals surface area contributed by atoms with Crippen molar-refractivity contribution in [1.82, 2.24) is 16.2 Å². The van der Waals surface area contributed by atoms with Crippen LogP contribution in [0.4, 0.5) is 8.78 Å². The fraction of sp³-hybridized carbons (Fsp3) is 0.571. The van der Waals surface area contributed by atoms with Gasteiger partial charge in [0.15, 0.2) is 0 Å². The van der Waals surface area contributed by atoms with Crippen molar-refractivity contribution in [3.8, 4) is 0 Å². The predicted octanol–water partition coefficient (Wildman–Crippen LogP) is 2.45. The highest BCUT2D eigenvalue weighted by Crippen LogP contribution is 2.61. The molecule has 4 aliphatic carbocycles. The molecule has 0 heterocycles. The predicted molar refractivity (Wildman–Crippen MR) is 100 cm³/mol. The lowest BCUT2D eigenvalue weighted by molar-refractivity contribution is -0.134. The number of nitrogens with one attached hydrogen (secondary N) is 3. The van der Waals surface area contributed by atoms with E-state index in [2.05, 4.69) is 16.2 Å². The van der Waals surface area contributed by atoms with Crippen LogP contribution in [0.25, 0.3) is 0 Å². The van der Waals surface area contributed by atoms with E-state index < -0.39 is 30.0 Å². The lowest BCUT2D eigenvalue weighted by atomic mass is 9.49. The number of amides is 3. The van der Waals surface area contributed by atoms with E-state index in [0.717, 1.165) is 49.1 Å². The maximum Gasteiger partial charge on any atom is 0.257 e. The second kappa shape index (κ2) is 7.72. The maximum absolute atomic E-state index is 13.6. The van der Waals surface area contributed by atoms with Gasteiger partial charge in [-0.25, -0.2) is 8.78 Å². The summed E-state index contributed by atoms with van der Waals surface area (Å²) < 4.78 is 26.5. The van der Waals surface area contributed by atoms with Crippen LogP contribution in [0.1, 0.15) is 55.3 Å². The average Bonchev–Trinajstić information content (AvgIpc) is 2.63. The summed E-state index contributed by atoms with van der Waals surface area (Å²) in [6, 6.07) is 2.56. The molecule has 1 aromatic rings. The Balaban J connectivity index is 1.21. The zero-order chi connectivity index (χ0) is 20.6. The molecule has 0 aliphatic heterocycles. The zero-order valence-electron chi connectivity index (χ0n) is 16.1. The summed E-state index contributed by atoms with van der Waals surface area (Å²) in [6.45, 7) is -0.437. The van der Waals surface area contributed by atoms with Gasteiger partial charge in [-0.15, -0.1) is 0 Å². The van der Waals surface area contributed by atoms with E-state index in [1.165, 1.54) is 19.3 Å². The minimum atomic E-state index is -1.01. The van der Waals surface area contributed by atoms with E-state index in [1.807, 2.05) is 0 Å². The van der Waals surface area contributed by atoms with Crippen LogP contribution in [0.15, 0.2) is 18.2 Å². The molecule has 0 spiro atoms. The molecule has 5 rings (SSSR count). The van der Waals surface area contributed by atoms with Crippen LogP contribution in [-0.4, -0.2) is 24.3 Å². The molecule has 4 bridgehead atoms. The molecule has 6 nitrogen and oxygen atoms in total. The first-order valence-electron chi connectivity index (χ1n) is 10.1. The highest BCUT2D eigenvalue weighted by molar-refractivity contribution is 5.96. The summed E-state index contributed by atoms with van der Waals surface area (Å²) in [7, 11) is 0. The Bertz CT molecular complexity index is 807. The van der Waals surface area contributed by atoms with Gasteiger partial charge >= 0.3 is 0 Å².